The summed E-state index contributed by atoms with van der Waals surface area (Å²) in [5.41, 5.74) is 3.24. The highest BCUT2D eigenvalue weighted by Crippen LogP contribution is 2.28. The second kappa shape index (κ2) is 5.87. The number of aryl methyl sites for hydroxylation is 2. The van der Waals surface area contributed by atoms with Gasteiger partial charge >= 0.3 is 0 Å². The third-order valence-corrected chi connectivity index (χ3v) is 3.75. The molecule has 2 rings (SSSR count). The van der Waals surface area contributed by atoms with Crippen molar-refractivity contribution in [2.45, 2.75) is 19.8 Å². The van der Waals surface area contributed by atoms with Gasteiger partial charge in [-0.25, -0.2) is 0 Å². The lowest BCUT2D eigenvalue weighted by atomic mass is 10.1. The number of benzene rings is 1. The standard InChI is InChI=1S/C14H16Cl2N2/c1-9-10(4-3-5-17-2)6-11-7-12(15)13(16)8-14(11)18-9/h6-8,17H,3-5H2,1-2H3. The fourth-order valence-corrected chi connectivity index (χ4v) is 2.35. The molecule has 1 N–H and O–H groups in total. The van der Waals surface area contributed by atoms with Crippen LogP contribution in [0.15, 0.2) is 18.2 Å². The van der Waals surface area contributed by atoms with E-state index in [9.17, 15) is 0 Å². The molecule has 0 amide bonds. The molecule has 18 heavy (non-hydrogen) atoms. The zero-order valence-corrected chi connectivity index (χ0v) is 12.1. The van der Waals surface area contributed by atoms with E-state index in [1.807, 2.05) is 26.1 Å². The first kappa shape index (κ1) is 13.6. The minimum atomic E-state index is 0.555. The molecule has 2 aromatic rings. The lowest BCUT2D eigenvalue weighted by Crippen LogP contribution is -2.09. The summed E-state index contributed by atoms with van der Waals surface area (Å²) in [6.07, 6.45) is 2.13. The largest absolute Gasteiger partial charge is 0.320 e. The Kier molecular flexibility index (Phi) is 4.44. The zero-order chi connectivity index (χ0) is 13.1. The SMILES string of the molecule is CNCCCc1cc2cc(Cl)c(Cl)cc2nc1C. The third kappa shape index (κ3) is 2.94. The van der Waals surface area contributed by atoms with Crippen molar-refractivity contribution in [2.75, 3.05) is 13.6 Å². The van der Waals surface area contributed by atoms with E-state index in [2.05, 4.69) is 16.4 Å². The van der Waals surface area contributed by atoms with E-state index >= 15 is 0 Å². The van der Waals surface area contributed by atoms with Crippen LogP contribution in [0.1, 0.15) is 17.7 Å². The average Bonchev–Trinajstić information content (AvgIpc) is 2.33. The van der Waals surface area contributed by atoms with Crippen molar-refractivity contribution in [3.05, 3.63) is 39.5 Å². The number of fused-ring (bicyclic) bond motifs is 1. The summed E-state index contributed by atoms with van der Waals surface area (Å²) in [5.74, 6) is 0. The maximum absolute atomic E-state index is 6.04. The summed E-state index contributed by atoms with van der Waals surface area (Å²) in [6, 6.07) is 5.87. The first-order valence-corrected chi connectivity index (χ1v) is 6.77. The van der Waals surface area contributed by atoms with Gasteiger partial charge in [-0.15, -0.1) is 0 Å². The number of pyridine rings is 1. The Morgan fingerprint density at radius 3 is 2.61 bits per heavy atom. The second-order valence-corrected chi connectivity index (χ2v) is 5.21. The minimum absolute atomic E-state index is 0.555. The molecule has 1 heterocycles. The van der Waals surface area contributed by atoms with Gasteiger partial charge in [-0.1, -0.05) is 23.2 Å². The average molecular weight is 283 g/mol. The summed E-state index contributed by atoms with van der Waals surface area (Å²) in [7, 11) is 1.97. The Labute approximate surface area is 117 Å². The van der Waals surface area contributed by atoms with Crippen molar-refractivity contribution in [3.8, 4) is 0 Å². The fourth-order valence-electron chi connectivity index (χ4n) is 2.02. The Bertz CT molecular complexity index is 567. The predicted molar refractivity (Wildman–Crippen MR) is 78.7 cm³/mol. The molecule has 96 valence electrons. The molecule has 0 saturated heterocycles. The molecule has 0 aliphatic rings. The first-order chi connectivity index (χ1) is 8.61. The van der Waals surface area contributed by atoms with E-state index in [-0.39, 0.29) is 0 Å². The molecular formula is C14H16Cl2N2. The van der Waals surface area contributed by atoms with Crippen LogP contribution in [0, 0.1) is 6.92 Å². The highest BCUT2D eigenvalue weighted by atomic mass is 35.5. The van der Waals surface area contributed by atoms with Crippen LogP contribution in [0.4, 0.5) is 0 Å². The Balaban J connectivity index is 2.38. The van der Waals surface area contributed by atoms with Crippen molar-refractivity contribution in [1.29, 1.82) is 0 Å². The van der Waals surface area contributed by atoms with Crippen molar-refractivity contribution in [2.24, 2.45) is 0 Å². The number of hydrogen-bond acceptors (Lipinski definition) is 2. The van der Waals surface area contributed by atoms with Crippen LogP contribution in [0.2, 0.25) is 10.0 Å². The van der Waals surface area contributed by atoms with Gasteiger partial charge in [0.15, 0.2) is 0 Å². The van der Waals surface area contributed by atoms with Gasteiger partial charge in [-0.05, 0) is 57.1 Å². The number of aromatic nitrogens is 1. The Hall–Kier alpha value is -0.830. The smallest absolute Gasteiger partial charge is 0.0721 e. The van der Waals surface area contributed by atoms with Gasteiger partial charge in [0.25, 0.3) is 0 Å². The van der Waals surface area contributed by atoms with Gasteiger partial charge in [0.1, 0.15) is 0 Å². The molecule has 0 aliphatic carbocycles. The van der Waals surface area contributed by atoms with E-state index in [0.29, 0.717) is 10.0 Å². The van der Waals surface area contributed by atoms with Gasteiger partial charge in [-0.3, -0.25) is 4.98 Å². The van der Waals surface area contributed by atoms with Crippen LogP contribution < -0.4 is 5.32 Å². The van der Waals surface area contributed by atoms with Crippen LogP contribution in [0.5, 0.6) is 0 Å². The molecular weight excluding hydrogens is 267 g/mol. The molecule has 0 atom stereocenters. The molecule has 0 bridgehead atoms. The molecule has 0 spiro atoms. The molecule has 0 fully saturated rings. The summed E-state index contributed by atoms with van der Waals surface area (Å²) in [6.45, 7) is 3.05. The van der Waals surface area contributed by atoms with Gasteiger partial charge < -0.3 is 5.32 Å². The maximum Gasteiger partial charge on any atom is 0.0721 e. The van der Waals surface area contributed by atoms with Crippen molar-refractivity contribution >= 4 is 34.1 Å². The maximum atomic E-state index is 6.04. The number of rotatable bonds is 4. The van der Waals surface area contributed by atoms with Crippen molar-refractivity contribution < 1.29 is 0 Å². The molecule has 0 saturated carbocycles. The van der Waals surface area contributed by atoms with E-state index in [4.69, 9.17) is 23.2 Å². The summed E-state index contributed by atoms with van der Waals surface area (Å²) < 4.78 is 0. The second-order valence-electron chi connectivity index (χ2n) is 4.40. The number of nitrogens with one attached hydrogen (secondary N) is 1. The summed E-state index contributed by atoms with van der Waals surface area (Å²) >= 11 is 12.0. The third-order valence-electron chi connectivity index (χ3n) is 3.03. The molecule has 4 heteroatoms. The highest BCUT2D eigenvalue weighted by Gasteiger charge is 2.06. The van der Waals surface area contributed by atoms with Gasteiger partial charge in [0.2, 0.25) is 0 Å². The minimum Gasteiger partial charge on any atom is -0.320 e. The number of hydrogen-bond donors (Lipinski definition) is 1. The Morgan fingerprint density at radius 2 is 1.89 bits per heavy atom. The highest BCUT2D eigenvalue weighted by molar-refractivity contribution is 6.42. The molecule has 1 aromatic carbocycles. The van der Waals surface area contributed by atoms with E-state index in [1.165, 1.54) is 5.56 Å². The molecule has 1 aromatic heterocycles. The van der Waals surface area contributed by atoms with Crippen molar-refractivity contribution in [3.63, 3.8) is 0 Å². The molecule has 0 aliphatic heterocycles. The normalized spacial score (nSPS) is 11.1. The van der Waals surface area contributed by atoms with E-state index in [1.54, 1.807) is 0 Å². The molecule has 0 radical (unpaired) electrons. The fraction of sp³-hybridized carbons (Fsp3) is 0.357. The number of halogens is 2. The lowest BCUT2D eigenvalue weighted by Gasteiger charge is -2.08. The van der Waals surface area contributed by atoms with Crippen LogP contribution in [0.3, 0.4) is 0 Å². The van der Waals surface area contributed by atoms with Gasteiger partial charge in [0, 0.05) is 11.1 Å². The zero-order valence-electron chi connectivity index (χ0n) is 10.6. The van der Waals surface area contributed by atoms with Crippen molar-refractivity contribution in [1.82, 2.24) is 10.3 Å². The molecule has 0 unspecified atom stereocenters. The monoisotopic (exact) mass is 282 g/mol. The summed E-state index contributed by atoms with van der Waals surface area (Å²) in [5, 5.41) is 5.34. The van der Waals surface area contributed by atoms with Crippen LogP contribution in [0.25, 0.3) is 10.9 Å². The van der Waals surface area contributed by atoms with Crippen LogP contribution in [-0.4, -0.2) is 18.6 Å². The first-order valence-electron chi connectivity index (χ1n) is 6.01. The topological polar surface area (TPSA) is 24.9 Å². The summed E-state index contributed by atoms with van der Waals surface area (Å²) in [4.78, 5) is 4.59. The van der Waals surface area contributed by atoms with E-state index in [0.717, 1.165) is 36.0 Å². The quantitative estimate of drug-likeness (QED) is 0.858. The lowest BCUT2D eigenvalue weighted by molar-refractivity contribution is 0.721. The predicted octanol–water partition coefficient (Wildman–Crippen LogP) is 4.00. The van der Waals surface area contributed by atoms with Gasteiger partial charge in [0.05, 0.1) is 15.6 Å². The molecule has 2 nitrogen and oxygen atoms in total. The van der Waals surface area contributed by atoms with Gasteiger partial charge in [-0.2, -0.15) is 0 Å². The van der Waals surface area contributed by atoms with Crippen LogP contribution >= 0.6 is 23.2 Å². The Morgan fingerprint density at radius 1 is 1.17 bits per heavy atom. The van der Waals surface area contributed by atoms with E-state index < -0.39 is 0 Å². The van der Waals surface area contributed by atoms with Crippen LogP contribution in [-0.2, 0) is 6.42 Å². The number of nitrogens with zero attached hydrogens (tertiary/aromatic N) is 1.